The molecule has 1 aliphatic carbocycles. The fraction of sp³-hybridized carbons (Fsp3) is 0.200. The summed E-state index contributed by atoms with van der Waals surface area (Å²) in [6.45, 7) is 0. The third-order valence-corrected chi connectivity index (χ3v) is 5.34. The van der Waals surface area contributed by atoms with Gasteiger partial charge in [-0.15, -0.1) is 11.3 Å². The van der Waals surface area contributed by atoms with Gasteiger partial charge in [0.15, 0.2) is 0 Å². The number of benzene rings is 1. The monoisotopic (exact) mass is 380 g/mol. The van der Waals surface area contributed by atoms with E-state index < -0.39 is 0 Å². The zero-order chi connectivity index (χ0) is 15.0. The third kappa shape index (κ3) is 2.71. The number of phenolic OH excluding ortho intramolecular Hbond substituents is 1. The van der Waals surface area contributed by atoms with E-state index in [1.54, 1.807) is 29.7 Å². The number of nitriles is 1. The van der Waals surface area contributed by atoms with Crippen molar-refractivity contribution in [3.05, 3.63) is 43.2 Å². The van der Waals surface area contributed by atoms with Crippen molar-refractivity contribution in [1.29, 1.82) is 5.26 Å². The van der Waals surface area contributed by atoms with Gasteiger partial charge in [0.1, 0.15) is 16.8 Å². The van der Waals surface area contributed by atoms with Crippen LogP contribution in [0.15, 0.2) is 21.6 Å². The number of aromatic hydroxyl groups is 1. The Balaban J connectivity index is 2.00. The van der Waals surface area contributed by atoms with E-state index in [4.69, 9.17) is 11.6 Å². The quantitative estimate of drug-likeness (QED) is 0.746. The van der Waals surface area contributed by atoms with Gasteiger partial charge in [-0.05, 0) is 37.0 Å². The van der Waals surface area contributed by atoms with Gasteiger partial charge in [0.25, 0.3) is 0 Å². The Labute approximate surface area is 139 Å². The first-order valence-corrected chi connectivity index (χ1v) is 8.35. The first-order valence-electron chi connectivity index (χ1n) is 6.37. The summed E-state index contributed by atoms with van der Waals surface area (Å²) in [7, 11) is 0. The van der Waals surface area contributed by atoms with E-state index in [2.05, 4.69) is 27.0 Å². The van der Waals surface area contributed by atoms with E-state index in [0.717, 1.165) is 29.3 Å². The van der Waals surface area contributed by atoms with E-state index in [1.165, 1.54) is 4.88 Å². The minimum absolute atomic E-state index is 0.00813. The van der Waals surface area contributed by atoms with Crippen LogP contribution in [0.2, 0.25) is 5.02 Å². The number of hydrogen-bond acceptors (Lipinski definition) is 4. The van der Waals surface area contributed by atoms with Crippen molar-refractivity contribution in [2.75, 3.05) is 0 Å². The number of phenols is 1. The molecule has 0 atom stereocenters. The Bertz CT molecular complexity index is 792. The maximum atomic E-state index is 9.94. The number of nitrogens with zero attached hydrogens (tertiary/aromatic N) is 2. The normalized spacial score (nSPS) is 13.6. The highest BCUT2D eigenvalue weighted by molar-refractivity contribution is 9.10. The van der Waals surface area contributed by atoms with Crippen LogP contribution in [0.4, 0.5) is 5.00 Å². The highest BCUT2D eigenvalue weighted by atomic mass is 79.9. The lowest BCUT2D eigenvalue weighted by molar-refractivity contribution is 0.474. The van der Waals surface area contributed by atoms with E-state index in [1.807, 2.05) is 0 Å². The highest BCUT2D eigenvalue weighted by Crippen LogP contribution is 2.40. The summed E-state index contributed by atoms with van der Waals surface area (Å²) in [4.78, 5) is 5.64. The summed E-state index contributed by atoms with van der Waals surface area (Å²) < 4.78 is 0.765. The van der Waals surface area contributed by atoms with Gasteiger partial charge in [0, 0.05) is 21.1 Å². The molecule has 3 rings (SSSR count). The molecule has 106 valence electrons. The summed E-state index contributed by atoms with van der Waals surface area (Å²) in [5, 5.41) is 20.2. The van der Waals surface area contributed by atoms with E-state index in [0.29, 0.717) is 16.1 Å². The van der Waals surface area contributed by atoms with Crippen LogP contribution in [-0.2, 0) is 12.8 Å². The standard InChI is InChI=1S/C15H10BrClN2OS/c16-9-4-8(14(20)12(17)5-9)7-19-15-11(6-18)10-2-1-3-13(10)21-15/h4-5,7,20H,1-3H2. The van der Waals surface area contributed by atoms with Gasteiger partial charge < -0.3 is 5.11 Å². The molecule has 1 aromatic heterocycles. The summed E-state index contributed by atoms with van der Waals surface area (Å²) in [6.07, 6.45) is 4.64. The molecule has 0 aliphatic heterocycles. The highest BCUT2D eigenvalue weighted by Gasteiger charge is 2.21. The minimum Gasteiger partial charge on any atom is -0.506 e. The van der Waals surface area contributed by atoms with E-state index >= 15 is 0 Å². The molecule has 2 aromatic rings. The van der Waals surface area contributed by atoms with E-state index in [9.17, 15) is 10.4 Å². The summed E-state index contributed by atoms with van der Waals surface area (Å²) in [5.41, 5.74) is 2.34. The smallest absolute Gasteiger partial charge is 0.143 e. The van der Waals surface area contributed by atoms with Crippen molar-refractivity contribution in [3.8, 4) is 11.8 Å². The molecular weight excluding hydrogens is 372 g/mol. The Hall–Kier alpha value is -1.35. The maximum Gasteiger partial charge on any atom is 0.143 e. The average Bonchev–Trinajstić information content (AvgIpc) is 3.01. The van der Waals surface area contributed by atoms with Crippen molar-refractivity contribution in [2.24, 2.45) is 4.99 Å². The third-order valence-electron chi connectivity index (χ3n) is 3.39. The number of hydrogen-bond donors (Lipinski definition) is 1. The van der Waals surface area contributed by atoms with Crippen LogP contribution in [0, 0.1) is 11.3 Å². The number of aryl methyl sites for hydroxylation is 1. The number of thiophene rings is 1. The van der Waals surface area contributed by atoms with Gasteiger partial charge in [-0.25, -0.2) is 4.99 Å². The predicted molar refractivity (Wildman–Crippen MR) is 89.1 cm³/mol. The molecule has 0 fully saturated rings. The zero-order valence-corrected chi connectivity index (χ0v) is 14.0. The average molecular weight is 382 g/mol. The molecule has 1 aromatic carbocycles. The number of fused-ring (bicyclic) bond motifs is 1. The molecule has 0 saturated carbocycles. The summed E-state index contributed by atoms with van der Waals surface area (Å²) in [6, 6.07) is 5.60. The fourth-order valence-corrected chi connectivity index (χ4v) is 4.43. The molecule has 3 nitrogen and oxygen atoms in total. The van der Waals surface area contributed by atoms with Crippen molar-refractivity contribution in [3.63, 3.8) is 0 Å². The lowest BCUT2D eigenvalue weighted by Crippen LogP contribution is -1.85. The van der Waals surface area contributed by atoms with Gasteiger partial charge in [0.2, 0.25) is 0 Å². The fourth-order valence-electron chi connectivity index (χ4n) is 2.41. The minimum atomic E-state index is -0.00813. The van der Waals surface area contributed by atoms with Crippen molar-refractivity contribution >= 4 is 50.1 Å². The van der Waals surface area contributed by atoms with Crippen LogP contribution >= 0.6 is 38.9 Å². The van der Waals surface area contributed by atoms with Crippen molar-refractivity contribution < 1.29 is 5.11 Å². The van der Waals surface area contributed by atoms with Crippen LogP contribution in [0.25, 0.3) is 0 Å². The Morgan fingerprint density at radius 2 is 2.24 bits per heavy atom. The van der Waals surface area contributed by atoms with Crippen LogP contribution < -0.4 is 0 Å². The Morgan fingerprint density at radius 3 is 3.00 bits per heavy atom. The van der Waals surface area contributed by atoms with Gasteiger partial charge in [-0.3, -0.25) is 0 Å². The molecule has 0 spiro atoms. The Morgan fingerprint density at radius 1 is 1.43 bits per heavy atom. The molecule has 21 heavy (non-hydrogen) atoms. The maximum absolute atomic E-state index is 9.94. The van der Waals surface area contributed by atoms with Crippen LogP contribution in [0.1, 0.15) is 28.0 Å². The predicted octanol–water partition coefficient (Wildman–Crippen LogP) is 4.98. The molecule has 0 radical (unpaired) electrons. The van der Waals surface area contributed by atoms with Crippen LogP contribution in [0.3, 0.4) is 0 Å². The second kappa shape index (κ2) is 5.80. The van der Waals surface area contributed by atoms with Crippen molar-refractivity contribution in [1.82, 2.24) is 0 Å². The summed E-state index contributed by atoms with van der Waals surface area (Å²) in [5.74, 6) is -0.00813. The molecular formula is C15H10BrClN2OS. The van der Waals surface area contributed by atoms with Gasteiger partial charge in [-0.1, -0.05) is 27.5 Å². The lowest BCUT2D eigenvalue weighted by atomic mass is 10.1. The van der Waals surface area contributed by atoms with Gasteiger partial charge in [0.05, 0.1) is 10.6 Å². The van der Waals surface area contributed by atoms with Crippen molar-refractivity contribution in [2.45, 2.75) is 19.3 Å². The molecule has 0 amide bonds. The largest absolute Gasteiger partial charge is 0.506 e. The van der Waals surface area contributed by atoms with E-state index in [-0.39, 0.29) is 10.8 Å². The first-order chi connectivity index (χ1) is 10.1. The molecule has 0 bridgehead atoms. The molecule has 6 heteroatoms. The molecule has 0 saturated heterocycles. The number of halogens is 2. The zero-order valence-electron chi connectivity index (χ0n) is 10.9. The van der Waals surface area contributed by atoms with Gasteiger partial charge in [-0.2, -0.15) is 5.26 Å². The molecule has 1 N–H and O–H groups in total. The van der Waals surface area contributed by atoms with Crippen LogP contribution in [-0.4, -0.2) is 11.3 Å². The SMILES string of the molecule is N#Cc1c(N=Cc2cc(Br)cc(Cl)c2O)sc2c1CCC2. The second-order valence-corrected chi connectivity index (χ2v) is 7.14. The summed E-state index contributed by atoms with van der Waals surface area (Å²) >= 11 is 10.8. The number of rotatable bonds is 2. The number of aliphatic imine (C=N–C) groups is 1. The lowest BCUT2D eigenvalue weighted by Gasteiger charge is -2.02. The topological polar surface area (TPSA) is 56.4 Å². The molecule has 1 aliphatic rings. The van der Waals surface area contributed by atoms with Crippen LogP contribution in [0.5, 0.6) is 5.75 Å². The second-order valence-electron chi connectivity index (χ2n) is 4.73. The molecule has 0 unspecified atom stereocenters. The van der Waals surface area contributed by atoms with Gasteiger partial charge >= 0.3 is 0 Å². The first kappa shape index (κ1) is 14.6. The molecule has 1 heterocycles. The Kier molecular flexibility index (Phi) is 4.03.